The Balaban J connectivity index is 2.23. The molecule has 5 nitrogen and oxygen atoms in total. The van der Waals surface area contributed by atoms with Crippen molar-refractivity contribution in [2.75, 3.05) is 24.7 Å². The topological polar surface area (TPSA) is 55.8 Å². The molecule has 0 saturated carbocycles. The molecule has 0 bridgehead atoms. The van der Waals surface area contributed by atoms with Crippen LogP contribution in [0.2, 0.25) is 0 Å². The van der Waals surface area contributed by atoms with Crippen LogP contribution in [0.15, 0.2) is 34.8 Å². The minimum Gasteiger partial charge on any atom is -0.482 e. The Morgan fingerprint density at radius 2 is 2.30 bits per heavy atom. The van der Waals surface area contributed by atoms with E-state index in [2.05, 4.69) is 22.5 Å². The van der Waals surface area contributed by atoms with Crippen LogP contribution >= 0.6 is 15.9 Å². The summed E-state index contributed by atoms with van der Waals surface area (Å²) >= 11 is 3.35. The zero-order valence-electron chi connectivity index (χ0n) is 11.0. The van der Waals surface area contributed by atoms with Crippen LogP contribution in [0, 0.1) is 0 Å². The normalized spacial score (nSPS) is 13.5. The number of carbonyl (C=O) groups excluding carboxylic acids is 2. The Bertz CT molecular complexity index is 570. The first kappa shape index (κ1) is 14.6. The van der Waals surface area contributed by atoms with Crippen molar-refractivity contribution in [1.29, 1.82) is 0 Å². The molecular formula is C14H14BrNO4. The number of esters is 1. The van der Waals surface area contributed by atoms with E-state index >= 15 is 0 Å². The lowest BCUT2D eigenvalue weighted by atomic mass is 10.2. The van der Waals surface area contributed by atoms with Gasteiger partial charge in [0.25, 0.3) is 5.91 Å². The maximum atomic E-state index is 12.0. The fourth-order valence-corrected chi connectivity index (χ4v) is 2.19. The second-order valence-corrected chi connectivity index (χ2v) is 5.12. The highest BCUT2D eigenvalue weighted by Crippen LogP contribution is 2.34. The van der Waals surface area contributed by atoms with Crippen LogP contribution < -0.4 is 9.64 Å². The van der Waals surface area contributed by atoms with Crippen molar-refractivity contribution in [1.82, 2.24) is 0 Å². The van der Waals surface area contributed by atoms with E-state index in [4.69, 9.17) is 9.47 Å². The van der Waals surface area contributed by atoms with Gasteiger partial charge < -0.3 is 14.4 Å². The fraction of sp³-hybridized carbons (Fsp3) is 0.286. The smallest absolute Gasteiger partial charge is 0.335 e. The molecule has 0 spiro atoms. The lowest BCUT2D eigenvalue weighted by molar-refractivity contribution is -0.138. The van der Waals surface area contributed by atoms with Crippen molar-refractivity contribution >= 4 is 33.5 Å². The van der Waals surface area contributed by atoms with E-state index in [1.165, 1.54) is 4.90 Å². The molecule has 0 aliphatic carbocycles. The quantitative estimate of drug-likeness (QED) is 0.623. The summed E-state index contributed by atoms with van der Waals surface area (Å²) in [6.07, 6.45) is 0. The number of carbonyl (C=O) groups is 2. The van der Waals surface area contributed by atoms with Gasteiger partial charge in [0.05, 0.1) is 18.8 Å². The van der Waals surface area contributed by atoms with Gasteiger partial charge in [-0.05, 0) is 25.1 Å². The molecule has 0 atom stereocenters. The number of rotatable bonds is 4. The maximum absolute atomic E-state index is 12.0. The van der Waals surface area contributed by atoms with Crippen molar-refractivity contribution in [3.8, 4) is 5.75 Å². The van der Waals surface area contributed by atoms with Crippen LogP contribution in [0.4, 0.5) is 5.69 Å². The summed E-state index contributed by atoms with van der Waals surface area (Å²) in [4.78, 5) is 25.1. The van der Waals surface area contributed by atoms with Gasteiger partial charge in [0.1, 0.15) is 5.75 Å². The molecule has 1 aromatic carbocycles. The predicted octanol–water partition coefficient (Wildman–Crippen LogP) is 2.29. The number of ether oxygens (including phenoxy) is 2. The number of amides is 1. The summed E-state index contributed by atoms with van der Waals surface area (Å²) in [5.41, 5.74) is 0.842. The highest BCUT2D eigenvalue weighted by Gasteiger charge is 2.27. The van der Waals surface area contributed by atoms with Crippen molar-refractivity contribution in [2.45, 2.75) is 6.92 Å². The monoisotopic (exact) mass is 339 g/mol. The van der Waals surface area contributed by atoms with Gasteiger partial charge in [0.15, 0.2) is 6.61 Å². The number of fused-ring (bicyclic) bond motifs is 1. The molecule has 0 fully saturated rings. The van der Waals surface area contributed by atoms with E-state index in [-0.39, 0.29) is 31.2 Å². The van der Waals surface area contributed by atoms with Gasteiger partial charge in [-0.3, -0.25) is 4.79 Å². The second kappa shape index (κ2) is 6.09. The Hall–Kier alpha value is -1.82. The lowest BCUT2D eigenvalue weighted by Gasteiger charge is -2.29. The Kier molecular flexibility index (Phi) is 4.44. The molecule has 0 saturated heterocycles. The first-order valence-electron chi connectivity index (χ1n) is 6.10. The summed E-state index contributed by atoms with van der Waals surface area (Å²) < 4.78 is 11.0. The van der Waals surface area contributed by atoms with Crippen LogP contribution in [-0.4, -0.2) is 31.6 Å². The predicted molar refractivity (Wildman–Crippen MR) is 77.8 cm³/mol. The molecule has 1 aliphatic heterocycles. The molecule has 0 aromatic heterocycles. The van der Waals surface area contributed by atoms with Crippen LogP contribution in [0.25, 0.3) is 0 Å². The molecule has 1 heterocycles. The third kappa shape index (κ3) is 3.01. The largest absolute Gasteiger partial charge is 0.482 e. The second-order valence-electron chi connectivity index (χ2n) is 4.20. The first-order chi connectivity index (χ1) is 9.52. The van der Waals surface area contributed by atoms with E-state index in [9.17, 15) is 9.59 Å². The molecule has 2 rings (SSSR count). The standard InChI is InChI=1S/C14H14BrNO4/c1-3-19-14(18)9(2)7-16-11-6-10(15)4-5-12(11)20-8-13(16)17/h4-6H,2-3,7-8H2,1H3. The summed E-state index contributed by atoms with van der Waals surface area (Å²) in [7, 11) is 0. The van der Waals surface area contributed by atoms with E-state index in [1.807, 2.05) is 6.07 Å². The third-order valence-corrected chi connectivity index (χ3v) is 3.27. The minimum absolute atomic E-state index is 0.0509. The minimum atomic E-state index is -0.497. The van der Waals surface area contributed by atoms with Crippen molar-refractivity contribution in [3.05, 3.63) is 34.8 Å². The van der Waals surface area contributed by atoms with Gasteiger partial charge in [-0.25, -0.2) is 4.79 Å². The summed E-state index contributed by atoms with van der Waals surface area (Å²) in [6.45, 7) is 5.71. The number of benzene rings is 1. The Morgan fingerprint density at radius 3 is 3.00 bits per heavy atom. The molecular weight excluding hydrogens is 326 g/mol. The van der Waals surface area contributed by atoms with Gasteiger partial charge >= 0.3 is 5.97 Å². The molecule has 106 valence electrons. The number of hydrogen-bond acceptors (Lipinski definition) is 4. The highest BCUT2D eigenvalue weighted by atomic mass is 79.9. The summed E-state index contributed by atoms with van der Waals surface area (Å²) in [6, 6.07) is 5.36. The molecule has 20 heavy (non-hydrogen) atoms. The first-order valence-corrected chi connectivity index (χ1v) is 6.90. The van der Waals surface area contributed by atoms with E-state index < -0.39 is 5.97 Å². The van der Waals surface area contributed by atoms with Gasteiger partial charge in [0, 0.05) is 10.0 Å². The number of nitrogens with zero attached hydrogens (tertiary/aromatic N) is 1. The zero-order valence-corrected chi connectivity index (χ0v) is 12.6. The van der Waals surface area contributed by atoms with Crippen LogP contribution in [0.3, 0.4) is 0 Å². The van der Waals surface area contributed by atoms with Crippen molar-refractivity contribution < 1.29 is 19.1 Å². The third-order valence-electron chi connectivity index (χ3n) is 2.78. The van der Waals surface area contributed by atoms with Gasteiger partial charge in [-0.15, -0.1) is 0 Å². The molecule has 6 heteroatoms. The number of hydrogen-bond donors (Lipinski definition) is 0. The average molecular weight is 340 g/mol. The lowest BCUT2D eigenvalue weighted by Crippen LogP contribution is -2.40. The van der Waals surface area contributed by atoms with E-state index in [1.54, 1.807) is 19.1 Å². The van der Waals surface area contributed by atoms with Gasteiger partial charge in [-0.2, -0.15) is 0 Å². The fourth-order valence-electron chi connectivity index (χ4n) is 1.84. The molecule has 1 amide bonds. The molecule has 0 radical (unpaired) electrons. The Morgan fingerprint density at radius 1 is 1.55 bits per heavy atom. The zero-order chi connectivity index (χ0) is 14.7. The SMILES string of the molecule is C=C(CN1C(=O)COc2ccc(Br)cc21)C(=O)OCC. The number of halogens is 1. The maximum Gasteiger partial charge on any atom is 0.335 e. The van der Waals surface area contributed by atoms with Crippen molar-refractivity contribution in [2.24, 2.45) is 0 Å². The van der Waals surface area contributed by atoms with Crippen LogP contribution in [-0.2, 0) is 14.3 Å². The van der Waals surface area contributed by atoms with Gasteiger partial charge in [0.2, 0.25) is 0 Å². The van der Waals surface area contributed by atoms with E-state index in [0.29, 0.717) is 11.4 Å². The van der Waals surface area contributed by atoms with Crippen LogP contribution in [0.5, 0.6) is 5.75 Å². The molecule has 0 unspecified atom stereocenters. The number of anilines is 1. The summed E-state index contributed by atoms with van der Waals surface area (Å²) in [5, 5.41) is 0. The molecule has 1 aromatic rings. The highest BCUT2D eigenvalue weighted by molar-refractivity contribution is 9.10. The van der Waals surface area contributed by atoms with Crippen molar-refractivity contribution in [3.63, 3.8) is 0 Å². The van der Waals surface area contributed by atoms with E-state index in [0.717, 1.165) is 4.47 Å². The Labute approximate surface area is 125 Å². The van der Waals surface area contributed by atoms with Gasteiger partial charge in [-0.1, -0.05) is 22.5 Å². The average Bonchev–Trinajstić information content (AvgIpc) is 2.42. The molecule has 1 aliphatic rings. The summed E-state index contributed by atoms with van der Waals surface area (Å²) in [5.74, 6) is -0.117. The molecule has 0 N–H and O–H groups in total. The van der Waals surface area contributed by atoms with Crippen LogP contribution in [0.1, 0.15) is 6.92 Å².